The molecule has 0 atom stereocenters. The molecule has 0 aliphatic rings. The summed E-state index contributed by atoms with van der Waals surface area (Å²) < 4.78 is 34.1. The summed E-state index contributed by atoms with van der Waals surface area (Å²) in [6, 6.07) is 0. The fourth-order valence-corrected chi connectivity index (χ4v) is 0.289. The Morgan fingerprint density at radius 1 is 0.903 bits per heavy atom. The molecule has 0 saturated carbocycles. The van der Waals surface area contributed by atoms with Crippen molar-refractivity contribution >= 4 is 23.0 Å². The Morgan fingerprint density at radius 3 is 1.10 bits per heavy atom. The Bertz CT molecular complexity index is 666. The van der Waals surface area contributed by atoms with Gasteiger partial charge in [-0.1, -0.05) is 19.1 Å². The van der Waals surface area contributed by atoms with E-state index in [0.29, 0.717) is 0 Å². The van der Waals surface area contributed by atoms with Gasteiger partial charge in [-0.3, -0.25) is 4.57 Å². The molecule has 7 heteroatoms. The molecule has 0 heterocycles. The second-order valence-corrected chi connectivity index (χ2v) is 11.9. The van der Waals surface area contributed by atoms with Crippen molar-refractivity contribution in [2.75, 3.05) is 33.0 Å². The maximum absolute atomic E-state index is 10.4. The van der Waals surface area contributed by atoms with E-state index in [4.69, 9.17) is 0 Å². The van der Waals surface area contributed by atoms with Crippen LogP contribution >= 0.6 is 7.37 Å². The minimum Gasteiger partial charge on any atom is -0.332 e. The van der Waals surface area contributed by atoms with E-state index in [1.165, 1.54) is 32.1 Å². The van der Waals surface area contributed by atoms with Crippen molar-refractivity contribution < 1.29 is 22.3 Å². The van der Waals surface area contributed by atoms with Gasteiger partial charge in [-0.2, -0.15) is 0 Å². The summed E-state index contributed by atoms with van der Waals surface area (Å²) in [5.74, 6) is 5.53. The van der Waals surface area contributed by atoms with E-state index < -0.39 is 17.2 Å². The highest BCUT2D eigenvalue weighted by Gasteiger charge is 1.99. The maximum Gasteiger partial charge on any atom is 0.196 e. The lowest BCUT2D eigenvalue weighted by molar-refractivity contribution is -0.115. The molecule has 0 aliphatic carbocycles. The molecule has 0 aromatic rings. The highest BCUT2D eigenvalue weighted by Crippen LogP contribution is 2.35. The molecule has 0 aromatic heterocycles. The second kappa shape index (κ2) is 33.3. The van der Waals surface area contributed by atoms with Crippen molar-refractivity contribution in [3.05, 3.63) is 29.0 Å². The van der Waals surface area contributed by atoms with Gasteiger partial charge in [0.1, 0.15) is 15.6 Å². The lowest BCUT2D eigenvalue weighted by Gasteiger charge is -1.98. The van der Waals surface area contributed by atoms with Crippen molar-refractivity contribution in [1.29, 1.82) is 0 Å². The van der Waals surface area contributed by atoms with Gasteiger partial charge in [0.2, 0.25) is 0 Å². The normalized spacial score (nSPS) is 7.84. The smallest absolute Gasteiger partial charge is 0.196 e. The van der Waals surface area contributed by atoms with Crippen LogP contribution in [-0.4, -0.2) is 47.2 Å². The maximum atomic E-state index is 10.4. The molecule has 0 fully saturated rings. The van der Waals surface area contributed by atoms with E-state index >= 15 is 0 Å². The van der Waals surface area contributed by atoms with Crippen LogP contribution in [0.1, 0.15) is 76.7 Å². The van der Waals surface area contributed by atoms with Crippen molar-refractivity contribution in [2.45, 2.75) is 76.7 Å². The standard InChI is InChI=1S/C6H10.C5H10.C4H6.C3H9O2P.C3H6O.C2H6O2S.CH4/c1-4-5-6(2)3;1-4-5(2)3;1-3-4-2;1-5-6(2,3)4;1-3(2)4;1-5(2,3)4;/h4H,1-3H3;4H,1-3H3;1-2H3;1-3H3;1-2H3;1-2H3;1H4. The third-order valence-electron chi connectivity index (χ3n) is 1.70. The van der Waals surface area contributed by atoms with Crippen LogP contribution in [0, 0.1) is 11.8 Å². The van der Waals surface area contributed by atoms with E-state index in [2.05, 4.69) is 42.0 Å². The summed E-state index contributed by atoms with van der Waals surface area (Å²) in [7, 11) is -3.37. The highest BCUT2D eigenvalue weighted by atomic mass is 32.2. The first-order chi connectivity index (χ1) is 13.2. The third kappa shape index (κ3) is 349. The van der Waals surface area contributed by atoms with Crippen LogP contribution in [0.4, 0.5) is 0 Å². The number of carbonyl (C=O) groups is 1. The van der Waals surface area contributed by atoms with Crippen LogP contribution < -0.4 is 0 Å². The molecule has 0 spiro atoms. The average Bonchev–Trinajstić information content (AvgIpc) is 2.53. The molecule has 0 radical (unpaired) electrons. The predicted molar refractivity (Wildman–Crippen MR) is 143 cm³/mol. The topological polar surface area (TPSA) is 77.5 Å². The van der Waals surface area contributed by atoms with Crippen LogP contribution in [-0.2, 0) is 23.7 Å². The molecule has 0 aromatic carbocycles. The monoisotopic (exact) mass is 482 g/mol. The summed E-state index contributed by atoms with van der Waals surface area (Å²) in [6.45, 7) is 22.1. The lowest BCUT2D eigenvalue weighted by Crippen LogP contribution is -1.86. The van der Waals surface area contributed by atoms with Gasteiger partial charge in [-0.25, -0.2) is 8.42 Å². The highest BCUT2D eigenvalue weighted by molar-refractivity contribution is 7.89. The summed E-state index contributed by atoms with van der Waals surface area (Å²) in [4.78, 5) is 9.44. The number of hydrogen-bond donors (Lipinski definition) is 0. The molecule has 5 nitrogen and oxygen atoms in total. The van der Waals surface area contributed by atoms with Crippen LogP contribution in [0.25, 0.3) is 0 Å². The van der Waals surface area contributed by atoms with E-state index in [-0.39, 0.29) is 13.2 Å². The number of hydrogen-bond acceptors (Lipinski definition) is 5. The number of sulfone groups is 1. The lowest BCUT2D eigenvalue weighted by atomic mass is 10.3. The zero-order valence-electron chi connectivity index (χ0n) is 22.1. The fourth-order valence-electron chi connectivity index (χ4n) is 0.289. The Morgan fingerprint density at radius 2 is 1.10 bits per heavy atom. The molecule has 0 saturated heterocycles. The van der Waals surface area contributed by atoms with Gasteiger partial charge in [-0.05, 0) is 80.9 Å². The van der Waals surface area contributed by atoms with Gasteiger partial charge in [-0.15, -0.1) is 17.6 Å². The average molecular weight is 483 g/mol. The SMILES string of the molecule is C.CC#CC.CC(C)=O.CC=C(C)C.CC=C=C(C)C.COP(C)(C)=O.CS(C)(=O)=O. The van der Waals surface area contributed by atoms with Gasteiger partial charge in [0, 0.05) is 33.0 Å². The summed E-state index contributed by atoms with van der Waals surface area (Å²) in [6.07, 6.45) is 6.31. The van der Waals surface area contributed by atoms with Crippen molar-refractivity contribution in [2.24, 2.45) is 0 Å². The predicted octanol–water partition coefficient (Wildman–Crippen LogP) is 7.19. The molecule has 0 N–H and O–H groups in total. The van der Waals surface area contributed by atoms with E-state index in [1.54, 1.807) is 13.3 Å². The minimum absolute atomic E-state index is 0. The van der Waals surface area contributed by atoms with E-state index in [0.717, 1.165) is 12.5 Å². The second-order valence-electron chi connectivity index (χ2n) is 6.78. The molecule has 0 bridgehead atoms. The minimum atomic E-state index is -2.67. The van der Waals surface area contributed by atoms with Gasteiger partial charge >= 0.3 is 0 Å². The summed E-state index contributed by atoms with van der Waals surface area (Å²) in [5.41, 5.74) is 5.61. The molecule has 0 aliphatic heterocycles. The largest absolute Gasteiger partial charge is 0.332 e. The van der Waals surface area contributed by atoms with Gasteiger partial charge in [0.05, 0.1) is 0 Å². The third-order valence-corrected chi connectivity index (χ3v) is 2.58. The number of ketones is 1. The quantitative estimate of drug-likeness (QED) is 0.171. The molecule has 31 heavy (non-hydrogen) atoms. The molecule has 0 unspecified atom stereocenters. The fraction of sp³-hybridized carbons (Fsp3) is 0.667. The van der Waals surface area contributed by atoms with Crippen LogP contribution in [0.2, 0.25) is 0 Å². The first-order valence-electron chi connectivity index (χ1n) is 9.25. The van der Waals surface area contributed by atoms with Crippen molar-refractivity contribution in [3.8, 4) is 11.8 Å². The van der Waals surface area contributed by atoms with Crippen molar-refractivity contribution in [1.82, 2.24) is 0 Å². The van der Waals surface area contributed by atoms with Gasteiger partial charge in [0.25, 0.3) is 0 Å². The van der Waals surface area contributed by atoms with Gasteiger partial charge < -0.3 is 9.32 Å². The molecule has 0 rings (SSSR count). The van der Waals surface area contributed by atoms with E-state index in [1.807, 2.05) is 47.6 Å². The Hall–Kier alpha value is -1.37. The number of allylic oxidation sites excluding steroid dienone is 3. The Kier molecular flexibility index (Phi) is 50.9. The number of Topliss-reactive ketones (excluding diaryl/α,β-unsaturated/α-hetero) is 1. The molecular weight excluding hydrogens is 431 g/mol. The van der Waals surface area contributed by atoms with Gasteiger partial charge in [0.15, 0.2) is 7.37 Å². The molecular formula is C24H51O5PS. The summed E-state index contributed by atoms with van der Waals surface area (Å²) in [5, 5.41) is 0. The number of carbonyl (C=O) groups excluding carboxylic acids is 1. The number of rotatable bonds is 1. The van der Waals surface area contributed by atoms with Crippen LogP contribution in [0.3, 0.4) is 0 Å². The van der Waals surface area contributed by atoms with E-state index in [9.17, 15) is 17.8 Å². The zero-order valence-corrected chi connectivity index (χ0v) is 23.8. The molecule has 188 valence electrons. The Balaban J connectivity index is -0.0000000446. The first-order valence-corrected chi connectivity index (χ1v) is 14.1. The van der Waals surface area contributed by atoms with Crippen LogP contribution in [0.5, 0.6) is 0 Å². The van der Waals surface area contributed by atoms with Crippen LogP contribution in [0.15, 0.2) is 29.0 Å². The van der Waals surface area contributed by atoms with Crippen molar-refractivity contribution in [3.63, 3.8) is 0 Å². The molecule has 0 amide bonds. The Labute approximate surface area is 195 Å². The first kappa shape index (κ1) is 47.4. The zero-order chi connectivity index (χ0) is 26.0. The summed E-state index contributed by atoms with van der Waals surface area (Å²) >= 11 is 0.